The molecule has 1 aromatic heterocycles. The normalized spacial score (nSPS) is 16.2. The van der Waals surface area contributed by atoms with Crippen LogP contribution in [0.1, 0.15) is 43.8 Å². The molecule has 0 bridgehead atoms. The first kappa shape index (κ1) is 22.4. The molecule has 158 valence electrons. The van der Waals surface area contributed by atoms with Crippen molar-refractivity contribution in [2.24, 2.45) is 0 Å². The van der Waals surface area contributed by atoms with Crippen LogP contribution in [0.4, 0.5) is 0 Å². The van der Waals surface area contributed by atoms with Crippen molar-refractivity contribution in [3.8, 4) is 6.07 Å². The van der Waals surface area contributed by atoms with Gasteiger partial charge in [-0.15, -0.1) is 12.4 Å². The lowest BCUT2D eigenvalue weighted by atomic mass is 10.00. The number of nitrogens with zero attached hydrogens (tertiary/aromatic N) is 4. The van der Waals surface area contributed by atoms with Gasteiger partial charge in [-0.1, -0.05) is 35.9 Å². The van der Waals surface area contributed by atoms with Gasteiger partial charge in [0.25, 0.3) is 0 Å². The average molecular weight is 445 g/mol. The molecule has 1 fully saturated rings. The minimum Gasteiger partial charge on any atom is -0.296 e. The number of aryl methyl sites for hydroxylation is 1. The monoisotopic (exact) mass is 444 g/mol. The second-order valence-corrected chi connectivity index (χ2v) is 8.13. The Balaban J connectivity index is 0.00000256. The number of hydrogen-bond donors (Lipinski definition) is 0. The number of likely N-dealkylation sites (tertiary alicyclic amines) is 1. The quantitative estimate of drug-likeness (QED) is 0.543. The molecule has 30 heavy (non-hydrogen) atoms. The van der Waals surface area contributed by atoms with Crippen LogP contribution in [0.25, 0.3) is 11.0 Å². The van der Waals surface area contributed by atoms with E-state index in [1.807, 2.05) is 41.0 Å². The van der Waals surface area contributed by atoms with E-state index in [0.717, 1.165) is 42.0 Å². The smallest absolute Gasteiger partial charge is 0.296 e. The molecule has 1 aliphatic heterocycles. The van der Waals surface area contributed by atoms with Crippen LogP contribution in [0.15, 0.2) is 53.3 Å². The van der Waals surface area contributed by atoms with E-state index < -0.39 is 0 Å². The van der Waals surface area contributed by atoms with E-state index in [1.54, 1.807) is 4.57 Å². The maximum atomic E-state index is 13.2. The molecule has 1 saturated heterocycles. The second-order valence-electron chi connectivity index (χ2n) is 7.70. The first-order valence-corrected chi connectivity index (χ1v) is 10.5. The molecule has 0 saturated carbocycles. The Bertz CT molecular complexity index is 1090. The number of fused-ring (bicyclic) bond motifs is 1. The fourth-order valence-corrected chi connectivity index (χ4v) is 4.57. The van der Waals surface area contributed by atoms with Crippen molar-refractivity contribution in [3.63, 3.8) is 0 Å². The van der Waals surface area contributed by atoms with E-state index in [9.17, 15) is 4.79 Å². The highest BCUT2D eigenvalue weighted by atomic mass is 35.5. The number of hydrogen-bond acceptors (Lipinski definition) is 3. The Morgan fingerprint density at radius 3 is 2.37 bits per heavy atom. The van der Waals surface area contributed by atoms with Gasteiger partial charge >= 0.3 is 5.69 Å². The Kier molecular flexibility index (Phi) is 7.25. The molecule has 5 nitrogen and oxygen atoms in total. The summed E-state index contributed by atoms with van der Waals surface area (Å²) in [7, 11) is 0. The third kappa shape index (κ3) is 4.27. The van der Waals surface area contributed by atoms with Crippen LogP contribution < -0.4 is 5.69 Å². The van der Waals surface area contributed by atoms with Crippen LogP contribution in [0.5, 0.6) is 0 Å². The third-order valence-corrected chi connectivity index (χ3v) is 6.33. The maximum Gasteiger partial charge on any atom is 0.329 e. The van der Waals surface area contributed by atoms with Gasteiger partial charge in [-0.3, -0.25) is 14.0 Å². The van der Waals surface area contributed by atoms with Crippen molar-refractivity contribution < 1.29 is 0 Å². The highest BCUT2D eigenvalue weighted by Gasteiger charge is 2.27. The number of piperidine rings is 1. The topological polar surface area (TPSA) is 54.0 Å². The summed E-state index contributed by atoms with van der Waals surface area (Å²) in [6, 6.07) is 18.6. The Labute approximate surface area is 187 Å². The number of rotatable bonds is 5. The highest BCUT2D eigenvalue weighted by molar-refractivity contribution is 6.30. The van der Waals surface area contributed by atoms with Gasteiger partial charge in [0.05, 0.1) is 23.5 Å². The maximum absolute atomic E-state index is 13.2. The summed E-state index contributed by atoms with van der Waals surface area (Å²) < 4.78 is 3.71. The molecular formula is C23H26Cl2N4O. The van der Waals surface area contributed by atoms with Crippen LogP contribution in [0, 0.1) is 11.3 Å². The lowest BCUT2D eigenvalue weighted by molar-refractivity contribution is 0.143. The van der Waals surface area contributed by atoms with Gasteiger partial charge in [0.15, 0.2) is 0 Å². The summed E-state index contributed by atoms with van der Waals surface area (Å²) in [5.74, 6) is 0. The van der Waals surface area contributed by atoms with Crippen LogP contribution in [0.3, 0.4) is 0 Å². The minimum atomic E-state index is 0. The average Bonchev–Trinajstić information content (AvgIpc) is 3.03. The van der Waals surface area contributed by atoms with Crippen molar-refractivity contribution in [1.29, 1.82) is 5.26 Å². The summed E-state index contributed by atoms with van der Waals surface area (Å²) in [6.45, 7) is 4.55. The summed E-state index contributed by atoms with van der Waals surface area (Å²) in [5, 5.41) is 9.71. The van der Waals surface area contributed by atoms with Crippen LogP contribution in [-0.4, -0.2) is 27.1 Å². The summed E-state index contributed by atoms with van der Waals surface area (Å²) in [4.78, 5) is 15.6. The van der Waals surface area contributed by atoms with E-state index >= 15 is 0 Å². The molecule has 0 spiro atoms. The number of para-hydroxylation sites is 2. The van der Waals surface area contributed by atoms with E-state index in [0.29, 0.717) is 19.0 Å². The molecule has 1 atom stereocenters. The van der Waals surface area contributed by atoms with Crippen molar-refractivity contribution in [2.75, 3.05) is 13.1 Å². The van der Waals surface area contributed by atoms with E-state index in [-0.39, 0.29) is 24.1 Å². The molecule has 7 heteroatoms. The predicted molar refractivity (Wildman–Crippen MR) is 123 cm³/mol. The number of halogens is 2. The SMILES string of the molecule is CC(c1ccc(Cl)cc1)N1CCC(n2c(=O)n(CCC#N)c3ccccc32)CC1.Cl. The van der Waals surface area contributed by atoms with Crippen molar-refractivity contribution in [3.05, 3.63) is 69.6 Å². The van der Waals surface area contributed by atoms with Gasteiger partial charge in [-0.2, -0.15) is 5.26 Å². The lowest BCUT2D eigenvalue weighted by Crippen LogP contribution is -2.39. The minimum absolute atomic E-state index is 0. The molecule has 0 amide bonds. The zero-order valence-corrected chi connectivity index (χ0v) is 18.6. The Hall–Kier alpha value is -2.26. The largest absolute Gasteiger partial charge is 0.329 e. The number of benzene rings is 2. The zero-order valence-electron chi connectivity index (χ0n) is 17.0. The van der Waals surface area contributed by atoms with Crippen LogP contribution >= 0.6 is 24.0 Å². The standard InChI is InChI=1S/C23H25ClN4O.ClH/c1-17(18-7-9-19(24)10-8-18)26-15-11-20(12-16-26)28-22-6-3-2-5-21(22)27(23(28)29)14-4-13-25;/h2-3,5-10,17,20H,4,11-12,14-16H2,1H3;1H. The fourth-order valence-electron chi connectivity index (χ4n) is 4.45. The van der Waals surface area contributed by atoms with Gasteiger partial charge in [0.2, 0.25) is 0 Å². The van der Waals surface area contributed by atoms with Crippen molar-refractivity contribution >= 4 is 35.0 Å². The second kappa shape index (κ2) is 9.70. The molecule has 1 unspecified atom stereocenters. The first-order chi connectivity index (χ1) is 14.1. The summed E-state index contributed by atoms with van der Waals surface area (Å²) in [5.41, 5.74) is 3.16. The molecular weight excluding hydrogens is 419 g/mol. The van der Waals surface area contributed by atoms with Gasteiger partial charge in [0, 0.05) is 36.7 Å². The third-order valence-electron chi connectivity index (χ3n) is 6.08. The van der Waals surface area contributed by atoms with Gasteiger partial charge in [-0.05, 0) is 49.6 Å². The molecule has 1 aliphatic rings. The summed E-state index contributed by atoms with van der Waals surface area (Å²) >= 11 is 6.02. The van der Waals surface area contributed by atoms with Gasteiger partial charge in [0.1, 0.15) is 0 Å². The van der Waals surface area contributed by atoms with Crippen molar-refractivity contribution in [2.45, 2.75) is 44.8 Å². The fraction of sp³-hybridized carbons (Fsp3) is 0.391. The molecule has 4 rings (SSSR count). The van der Waals surface area contributed by atoms with E-state index in [1.165, 1.54) is 5.56 Å². The Morgan fingerprint density at radius 2 is 1.73 bits per heavy atom. The first-order valence-electron chi connectivity index (χ1n) is 10.2. The number of imidazole rings is 1. The van der Waals surface area contributed by atoms with Crippen molar-refractivity contribution in [1.82, 2.24) is 14.0 Å². The van der Waals surface area contributed by atoms with E-state index in [4.69, 9.17) is 16.9 Å². The van der Waals surface area contributed by atoms with Crippen LogP contribution in [0.2, 0.25) is 5.02 Å². The summed E-state index contributed by atoms with van der Waals surface area (Å²) in [6.07, 6.45) is 2.21. The Morgan fingerprint density at radius 1 is 1.10 bits per heavy atom. The molecule has 0 radical (unpaired) electrons. The predicted octanol–water partition coefficient (Wildman–Crippen LogP) is 5.19. The molecule has 2 aromatic carbocycles. The molecule has 0 aliphatic carbocycles. The van der Waals surface area contributed by atoms with Gasteiger partial charge in [-0.25, -0.2) is 4.79 Å². The number of nitriles is 1. The van der Waals surface area contributed by atoms with Crippen LogP contribution in [-0.2, 0) is 6.54 Å². The number of aromatic nitrogens is 2. The molecule has 2 heterocycles. The zero-order chi connectivity index (χ0) is 20.4. The molecule has 0 N–H and O–H groups in total. The lowest BCUT2D eigenvalue weighted by Gasteiger charge is -2.36. The highest BCUT2D eigenvalue weighted by Crippen LogP contribution is 2.30. The van der Waals surface area contributed by atoms with E-state index in [2.05, 4.69) is 30.0 Å². The van der Waals surface area contributed by atoms with Gasteiger partial charge < -0.3 is 0 Å². The molecule has 3 aromatic rings.